The van der Waals surface area contributed by atoms with Crippen LogP contribution in [-0.2, 0) is 4.79 Å². The van der Waals surface area contributed by atoms with Crippen molar-refractivity contribution in [1.29, 1.82) is 0 Å². The van der Waals surface area contributed by atoms with Crippen molar-refractivity contribution >= 4 is 29.4 Å². The minimum Gasteiger partial charge on any atom is -0.465 e. The van der Waals surface area contributed by atoms with E-state index in [2.05, 4.69) is 15.6 Å². The number of hydrogen-bond acceptors (Lipinski definition) is 5. The summed E-state index contributed by atoms with van der Waals surface area (Å²) in [5, 5.41) is 10.7. The fourth-order valence-corrected chi connectivity index (χ4v) is 1.90. The molecule has 1 aromatic carbocycles. The summed E-state index contributed by atoms with van der Waals surface area (Å²) in [6, 6.07) is 10.4. The van der Waals surface area contributed by atoms with Crippen LogP contribution < -0.4 is 5.32 Å². The molecule has 22 heavy (non-hydrogen) atoms. The average molecular weight is 316 g/mol. The third-order valence-corrected chi connectivity index (χ3v) is 3.04. The third kappa shape index (κ3) is 3.24. The predicted molar refractivity (Wildman–Crippen MR) is 81.1 cm³/mol. The van der Waals surface area contributed by atoms with Gasteiger partial charge in [0.1, 0.15) is 5.76 Å². The van der Waals surface area contributed by atoms with Crippen LogP contribution in [0.25, 0.3) is 17.3 Å². The summed E-state index contributed by atoms with van der Waals surface area (Å²) < 4.78 is 9.79. The van der Waals surface area contributed by atoms with Gasteiger partial charge in [-0.15, -0.1) is 0 Å². The number of halogens is 1. The number of hydrogen-bond donors (Lipinski definition) is 1. The van der Waals surface area contributed by atoms with E-state index in [-0.39, 0.29) is 11.7 Å². The largest absolute Gasteiger partial charge is 0.465 e. The summed E-state index contributed by atoms with van der Waals surface area (Å²) in [5.41, 5.74) is 1.16. The lowest BCUT2D eigenvalue weighted by Crippen LogP contribution is -2.08. The SMILES string of the molecule is O=C(C=Cc1ccco1)Nc1nonc1-c1ccc(Cl)cc1. The number of carbonyl (C=O) groups is 1. The number of nitrogens with one attached hydrogen (secondary N) is 1. The zero-order chi connectivity index (χ0) is 15.4. The Morgan fingerprint density at radius 2 is 2.00 bits per heavy atom. The first kappa shape index (κ1) is 14.1. The van der Waals surface area contributed by atoms with Gasteiger partial charge >= 0.3 is 0 Å². The molecule has 1 N–H and O–H groups in total. The number of carbonyl (C=O) groups excluding carboxylic acids is 1. The molecule has 0 saturated heterocycles. The fourth-order valence-electron chi connectivity index (χ4n) is 1.77. The van der Waals surface area contributed by atoms with E-state index in [0.29, 0.717) is 16.5 Å². The summed E-state index contributed by atoms with van der Waals surface area (Å²) in [6.07, 6.45) is 4.40. The molecular weight excluding hydrogens is 306 g/mol. The Balaban J connectivity index is 1.75. The highest BCUT2D eigenvalue weighted by atomic mass is 35.5. The van der Waals surface area contributed by atoms with Gasteiger partial charge < -0.3 is 9.73 Å². The molecule has 0 radical (unpaired) electrons. The van der Waals surface area contributed by atoms with Crippen molar-refractivity contribution in [3.8, 4) is 11.3 Å². The van der Waals surface area contributed by atoms with Gasteiger partial charge in [-0.3, -0.25) is 4.79 Å². The van der Waals surface area contributed by atoms with Crippen LogP contribution in [-0.4, -0.2) is 16.2 Å². The molecule has 0 bridgehead atoms. The molecule has 0 spiro atoms. The Bertz CT molecular complexity index is 792. The van der Waals surface area contributed by atoms with Gasteiger partial charge in [-0.05, 0) is 40.7 Å². The van der Waals surface area contributed by atoms with Gasteiger partial charge in [0.25, 0.3) is 0 Å². The first-order valence-corrected chi connectivity index (χ1v) is 6.71. The second-order valence-electron chi connectivity index (χ2n) is 4.31. The van der Waals surface area contributed by atoms with Crippen LogP contribution in [0.5, 0.6) is 0 Å². The van der Waals surface area contributed by atoms with Gasteiger partial charge in [-0.2, -0.15) is 0 Å². The van der Waals surface area contributed by atoms with Crippen LogP contribution >= 0.6 is 11.6 Å². The van der Waals surface area contributed by atoms with Crippen molar-refractivity contribution in [2.45, 2.75) is 0 Å². The molecule has 0 unspecified atom stereocenters. The van der Waals surface area contributed by atoms with Gasteiger partial charge in [-0.1, -0.05) is 23.7 Å². The zero-order valence-electron chi connectivity index (χ0n) is 11.2. The molecule has 7 heteroatoms. The summed E-state index contributed by atoms with van der Waals surface area (Å²) in [4.78, 5) is 11.9. The number of rotatable bonds is 4. The Kier molecular flexibility index (Phi) is 4.02. The molecule has 0 aliphatic rings. The predicted octanol–water partition coefficient (Wildman–Crippen LogP) is 3.63. The van der Waals surface area contributed by atoms with Crippen LogP contribution in [0.3, 0.4) is 0 Å². The summed E-state index contributed by atoms with van der Waals surface area (Å²) in [6.45, 7) is 0. The van der Waals surface area contributed by atoms with E-state index in [0.717, 1.165) is 5.56 Å². The standard InChI is InChI=1S/C15H10ClN3O3/c16-11-5-3-10(4-6-11)14-15(19-22-18-14)17-13(20)8-7-12-2-1-9-21-12/h1-9H,(H,17,19,20). The van der Waals surface area contributed by atoms with Gasteiger partial charge in [0, 0.05) is 16.7 Å². The van der Waals surface area contributed by atoms with E-state index in [9.17, 15) is 4.79 Å². The maximum Gasteiger partial charge on any atom is 0.249 e. The first-order chi connectivity index (χ1) is 10.7. The highest BCUT2D eigenvalue weighted by molar-refractivity contribution is 6.30. The maximum atomic E-state index is 11.9. The molecule has 0 fully saturated rings. The van der Waals surface area contributed by atoms with Crippen molar-refractivity contribution in [3.63, 3.8) is 0 Å². The lowest BCUT2D eigenvalue weighted by molar-refractivity contribution is -0.111. The quantitative estimate of drug-likeness (QED) is 0.743. The van der Waals surface area contributed by atoms with Gasteiger partial charge in [-0.25, -0.2) is 4.63 Å². The lowest BCUT2D eigenvalue weighted by atomic mass is 10.1. The van der Waals surface area contributed by atoms with Gasteiger partial charge in [0.15, 0.2) is 5.69 Å². The zero-order valence-corrected chi connectivity index (χ0v) is 11.9. The van der Waals surface area contributed by atoms with Gasteiger partial charge in [0.2, 0.25) is 11.7 Å². The average Bonchev–Trinajstić information content (AvgIpc) is 3.17. The van der Waals surface area contributed by atoms with Crippen molar-refractivity contribution in [2.24, 2.45) is 0 Å². The molecule has 3 aromatic rings. The summed E-state index contributed by atoms with van der Waals surface area (Å²) in [5.74, 6) is 0.435. The third-order valence-electron chi connectivity index (χ3n) is 2.79. The number of anilines is 1. The van der Waals surface area contributed by atoms with Crippen LogP contribution in [0.4, 0.5) is 5.82 Å². The topological polar surface area (TPSA) is 81.2 Å². The fraction of sp³-hybridized carbons (Fsp3) is 0. The Morgan fingerprint density at radius 3 is 2.73 bits per heavy atom. The Labute approximate surface area is 130 Å². The molecule has 2 heterocycles. The van der Waals surface area contributed by atoms with Crippen molar-refractivity contribution in [2.75, 3.05) is 5.32 Å². The van der Waals surface area contributed by atoms with E-state index in [1.54, 1.807) is 42.5 Å². The summed E-state index contributed by atoms with van der Waals surface area (Å²) in [7, 11) is 0. The van der Waals surface area contributed by atoms with E-state index in [4.69, 9.17) is 20.6 Å². The minimum atomic E-state index is -0.373. The molecule has 0 atom stereocenters. The molecule has 0 aliphatic carbocycles. The van der Waals surface area contributed by atoms with Crippen molar-refractivity contribution in [1.82, 2.24) is 10.3 Å². The second-order valence-corrected chi connectivity index (χ2v) is 4.74. The molecule has 1 amide bonds. The first-order valence-electron chi connectivity index (χ1n) is 6.33. The Hall–Kier alpha value is -2.86. The molecule has 3 rings (SSSR count). The van der Waals surface area contributed by atoms with Crippen LogP contribution in [0.2, 0.25) is 5.02 Å². The molecular formula is C15H10ClN3O3. The molecule has 2 aromatic heterocycles. The number of amides is 1. The molecule has 6 nitrogen and oxygen atoms in total. The maximum absolute atomic E-state index is 11.9. The smallest absolute Gasteiger partial charge is 0.249 e. The number of benzene rings is 1. The van der Waals surface area contributed by atoms with E-state index in [1.807, 2.05) is 0 Å². The normalized spacial score (nSPS) is 11.0. The van der Waals surface area contributed by atoms with E-state index >= 15 is 0 Å². The van der Waals surface area contributed by atoms with Gasteiger partial charge in [0.05, 0.1) is 6.26 Å². The highest BCUT2D eigenvalue weighted by Crippen LogP contribution is 2.25. The second kappa shape index (κ2) is 6.28. The number of aromatic nitrogens is 2. The molecule has 0 aliphatic heterocycles. The lowest BCUT2D eigenvalue weighted by Gasteiger charge is -2.00. The van der Waals surface area contributed by atoms with Crippen LogP contribution in [0.1, 0.15) is 5.76 Å². The number of nitrogens with zero attached hydrogens (tertiary/aromatic N) is 2. The highest BCUT2D eigenvalue weighted by Gasteiger charge is 2.13. The minimum absolute atomic E-state index is 0.233. The van der Waals surface area contributed by atoms with Crippen LogP contribution in [0, 0.1) is 0 Å². The molecule has 0 saturated carbocycles. The monoisotopic (exact) mass is 315 g/mol. The number of furan rings is 1. The van der Waals surface area contributed by atoms with Crippen molar-refractivity contribution in [3.05, 3.63) is 59.5 Å². The van der Waals surface area contributed by atoms with Crippen LogP contribution in [0.15, 0.2) is 57.8 Å². The molecule has 110 valence electrons. The Morgan fingerprint density at radius 1 is 1.18 bits per heavy atom. The summed E-state index contributed by atoms with van der Waals surface area (Å²) >= 11 is 5.84. The van der Waals surface area contributed by atoms with E-state index < -0.39 is 0 Å². The van der Waals surface area contributed by atoms with E-state index in [1.165, 1.54) is 12.3 Å². The van der Waals surface area contributed by atoms with Crippen molar-refractivity contribution < 1.29 is 13.8 Å².